The zero-order valence-corrected chi connectivity index (χ0v) is 18.7. The number of rotatable bonds is 5. The zero-order chi connectivity index (χ0) is 24.2. The molecule has 178 valence electrons. The summed E-state index contributed by atoms with van der Waals surface area (Å²) in [6, 6.07) is 16.0. The van der Waals surface area contributed by atoms with Crippen LogP contribution in [0.3, 0.4) is 0 Å². The van der Waals surface area contributed by atoms with Gasteiger partial charge in [0.2, 0.25) is 5.82 Å². The standard InChI is InChI=1S/C25H23N5O5/c31-21(30-14-9-11-25(30,12-10-14)22(32)33)20-26-23(29-28-20)27-24(34)35-13-19-17-7-3-1-5-15(17)16-6-2-4-8-18(16)19/h1-8,14,19H,9-13H2,(H,32,33)(H2,26,27,28,29,34). The van der Waals surface area contributed by atoms with Crippen molar-refractivity contribution in [2.24, 2.45) is 0 Å². The highest BCUT2D eigenvalue weighted by Gasteiger charge is 2.59. The maximum Gasteiger partial charge on any atom is 0.414 e. The van der Waals surface area contributed by atoms with Gasteiger partial charge in [0, 0.05) is 12.0 Å². The van der Waals surface area contributed by atoms with E-state index in [1.807, 2.05) is 36.4 Å². The molecule has 0 saturated carbocycles. The highest BCUT2D eigenvalue weighted by molar-refractivity contribution is 5.97. The third-order valence-corrected chi connectivity index (χ3v) is 7.47. The average Bonchev–Trinajstić information content (AvgIpc) is 3.64. The summed E-state index contributed by atoms with van der Waals surface area (Å²) < 4.78 is 5.49. The van der Waals surface area contributed by atoms with Gasteiger partial charge in [-0.2, -0.15) is 4.98 Å². The van der Waals surface area contributed by atoms with E-state index in [4.69, 9.17) is 4.74 Å². The Balaban J connectivity index is 1.12. The first-order valence-corrected chi connectivity index (χ1v) is 11.6. The number of aliphatic carboxylic acids is 1. The van der Waals surface area contributed by atoms with Gasteiger partial charge >= 0.3 is 12.1 Å². The minimum atomic E-state index is -1.19. The summed E-state index contributed by atoms with van der Waals surface area (Å²) in [5.74, 6) is -1.84. The Morgan fingerprint density at radius 1 is 1.06 bits per heavy atom. The number of carbonyl (C=O) groups is 3. The zero-order valence-electron chi connectivity index (χ0n) is 18.7. The Bertz CT molecular complexity index is 1300. The van der Waals surface area contributed by atoms with Gasteiger partial charge in [0.25, 0.3) is 11.9 Å². The fraction of sp³-hybridized carbons (Fsp3) is 0.320. The smallest absolute Gasteiger partial charge is 0.414 e. The second kappa shape index (κ2) is 7.93. The summed E-state index contributed by atoms with van der Waals surface area (Å²) in [4.78, 5) is 42.9. The Morgan fingerprint density at radius 2 is 1.69 bits per heavy atom. The molecule has 0 spiro atoms. The maximum atomic E-state index is 13.0. The Morgan fingerprint density at radius 3 is 2.31 bits per heavy atom. The lowest BCUT2D eigenvalue weighted by Gasteiger charge is -2.29. The molecule has 3 heterocycles. The number of aromatic nitrogens is 3. The van der Waals surface area contributed by atoms with Gasteiger partial charge < -0.3 is 14.7 Å². The summed E-state index contributed by atoms with van der Waals surface area (Å²) >= 11 is 0. The van der Waals surface area contributed by atoms with Crippen molar-refractivity contribution in [1.82, 2.24) is 20.1 Å². The summed E-state index contributed by atoms with van der Waals surface area (Å²) in [6.07, 6.45) is 1.41. The molecule has 2 saturated heterocycles. The van der Waals surface area contributed by atoms with Crippen molar-refractivity contribution in [3.63, 3.8) is 0 Å². The second-order valence-electron chi connectivity index (χ2n) is 9.20. The van der Waals surface area contributed by atoms with Crippen LogP contribution in [0.1, 0.15) is 53.3 Å². The molecule has 2 amide bonds. The van der Waals surface area contributed by atoms with Crippen LogP contribution in [0, 0.1) is 0 Å². The number of anilines is 1. The number of ether oxygens (including phenoxy) is 1. The summed E-state index contributed by atoms with van der Waals surface area (Å²) in [6.45, 7) is 0.132. The average molecular weight is 473 g/mol. The van der Waals surface area contributed by atoms with Crippen molar-refractivity contribution >= 4 is 23.9 Å². The minimum absolute atomic E-state index is 0.0877. The molecule has 2 bridgehead atoms. The first-order valence-electron chi connectivity index (χ1n) is 11.6. The molecular weight excluding hydrogens is 450 g/mol. The Hall–Kier alpha value is -4.21. The number of aromatic amines is 1. The molecule has 3 aliphatic rings. The Kier molecular flexibility index (Phi) is 4.84. The molecule has 3 N–H and O–H groups in total. The molecule has 10 nitrogen and oxygen atoms in total. The van der Waals surface area contributed by atoms with Crippen molar-refractivity contribution in [2.75, 3.05) is 11.9 Å². The fourth-order valence-electron chi connectivity index (χ4n) is 5.86. The van der Waals surface area contributed by atoms with E-state index in [1.54, 1.807) is 0 Å². The van der Waals surface area contributed by atoms with Gasteiger partial charge in [-0.3, -0.25) is 15.2 Å². The van der Waals surface area contributed by atoms with Crippen molar-refractivity contribution in [3.05, 3.63) is 65.5 Å². The molecule has 3 aromatic rings. The topological polar surface area (TPSA) is 138 Å². The van der Waals surface area contributed by atoms with Gasteiger partial charge in [0.05, 0.1) is 0 Å². The van der Waals surface area contributed by atoms with Crippen LogP contribution in [-0.2, 0) is 9.53 Å². The quantitative estimate of drug-likeness (QED) is 0.516. The third kappa shape index (κ3) is 3.28. The summed E-state index contributed by atoms with van der Waals surface area (Å²) in [5, 5.41) is 18.6. The van der Waals surface area contributed by atoms with E-state index in [-0.39, 0.29) is 30.3 Å². The second-order valence-corrected chi connectivity index (χ2v) is 9.20. The number of hydrogen-bond donors (Lipinski definition) is 3. The molecule has 1 aliphatic carbocycles. The highest BCUT2D eigenvalue weighted by atomic mass is 16.5. The first-order chi connectivity index (χ1) is 17.0. The monoisotopic (exact) mass is 473 g/mol. The van der Waals surface area contributed by atoms with Crippen LogP contribution in [0.4, 0.5) is 10.7 Å². The van der Waals surface area contributed by atoms with Crippen molar-refractivity contribution < 1.29 is 24.2 Å². The number of H-pyrrole nitrogens is 1. The van der Waals surface area contributed by atoms with E-state index >= 15 is 0 Å². The normalized spacial score (nSPS) is 22.1. The number of carbonyl (C=O) groups excluding carboxylic acids is 2. The molecule has 35 heavy (non-hydrogen) atoms. The first kappa shape index (κ1) is 21.3. The van der Waals surface area contributed by atoms with Crippen LogP contribution < -0.4 is 5.32 Å². The molecule has 10 heteroatoms. The third-order valence-electron chi connectivity index (χ3n) is 7.47. The van der Waals surface area contributed by atoms with Gasteiger partial charge in [0.1, 0.15) is 12.1 Å². The van der Waals surface area contributed by atoms with Crippen LogP contribution in [0.5, 0.6) is 0 Å². The van der Waals surface area contributed by atoms with E-state index in [1.165, 1.54) is 4.90 Å². The van der Waals surface area contributed by atoms with Crippen LogP contribution in [0.2, 0.25) is 0 Å². The number of carboxylic acid groups (broad SMARTS) is 1. The van der Waals surface area contributed by atoms with Crippen LogP contribution >= 0.6 is 0 Å². The van der Waals surface area contributed by atoms with Gasteiger partial charge in [-0.15, -0.1) is 5.10 Å². The van der Waals surface area contributed by atoms with Crippen molar-refractivity contribution in [1.29, 1.82) is 0 Å². The molecule has 2 fully saturated rings. The lowest BCUT2D eigenvalue weighted by Crippen LogP contribution is -2.51. The maximum absolute atomic E-state index is 13.0. The molecule has 0 unspecified atom stereocenters. The number of hydrogen-bond acceptors (Lipinski definition) is 6. The number of nitrogens with one attached hydrogen (secondary N) is 2. The lowest BCUT2D eigenvalue weighted by molar-refractivity contribution is -0.147. The highest BCUT2D eigenvalue weighted by Crippen LogP contribution is 2.47. The van der Waals surface area contributed by atoms with Crippen LogP contribution in [-0.4, -0.2) is 61.3 Å². The number of benzene rings is 2. The molecule has 0 radical (unpaired) electrons. The molecule has 2 aromatic carbocycles. The fourth-order valence-corrected chi connectivity index (χ4v) is 5.86. The van der Waals surface area contributed by atoms with Crippen LogP contribution in [0.25, 0.3) is 11.1 Å². The van der Waals surface area contributed by atoms with Crippen molar-refractivity contribution in [2.45, 2.75) is 43.2 Å². The van der Waals surface area contributed by atoms with Gasteiger partial charge in [-0.25, -0.2) is 9.59 Å². The van der Waals surface area contributed by atoms with Crippen molar-refractivity contribution in [3.8, 4) is 11.1 Å². The number of fused-ring (bicyclic) bond motifs is 5. The van der Waals surface area contributed by atoms with E-state index < -0.39 is 23.5 Å². The largest absolute Gasteiger partial charge is 0.479 e. The molecule has 2 aliphatic heterocycles. The number of nitrogens with zero attached hydrogens (tertiary/aromatic N) is 3. The molecule has 6 rings (SSSR count). The number of carboxylic acids is 1. The van der Waals surface area contributed by atoms with E-state index in [0.717, 1.165) is 22.3 Å². The van der Waals surface area contributed by atoms with Crippen LogP contribution in [0.15, 0.2) is 48.5 Å². The summed E-state index contributed by atoms with van der Waals surface area (Å²) in [7, 11) is 0. The SMILES string of the molecule is O=C(Nc1n[nH]c(C(=O)N2C3CCC2(C(=O)O)CC3)n1)OCC1c2ccccc2-c2ccccc21. The van der Waals surface area contributed by atoms with E-state index in [2.05, 4.69) is 32.6 Å². The lowest BCUT2D eigenvalue weighted by atomic mass is 9.88. The number of amides is 2. The van der Waals surface area contributed by atoms with Gasteiger partial charge in [-0.05, 0) is 47.9 Å². The minimum Gasteiger partial charge on any atom is -0.479 e. The molecule has 0 atom stereocenters. The van der Waals surface area contributed by atoms with E-state index in [9.17, 15) is 19.5 Å². The molecule has 1 aromatic heterocycles. The molecular formula is C25H23N5O5. The summed E-state index contributed by atoms with van der Waals surface area (Å²) in [5.41, 5.74) is 3.27. The van der Waals surface area contributed by atoms with Gasteiger partial charge in [0.15, 0.2) is 0 Å². The van der Waals surface area contributed by atoms with Gasteiger partial charge in [-0.1, -0.05) is 48.5 Å². The van der Waals surface area contributed by atoms with E-state index in [0.29, 0.717) is 25.7 Å². The predicted molar refractivity (Wildman–Crippen MR) is 124 cm³/mol. The predicted octanol–water partition coefficient (Wildman–Crippen LogP) is 3.39. The Labute approximate surface area is 200 Å².